The van der Waals surface area contributed by atoms with Crippen molar-refractivity contribution in [2.24, 2.45) is 0 Å². The van der Waals surface area contributed by atoms with Crippen molar-refractivity contribution in [2.45, 2.75) is 24.7 Å². The van der Waals surface area contributed by atoms with Crippen LogP contribution in [0.5, 0.6) is 0 Å². The van der Waals surface area contributed by atoms with E-state index in [0.717, 1.165) is 23.3 Å². The molecule has 3 aromatic carbocycles. The van der Waals surface area contributed by atoms with E-state index in [-0.39, 0.29) is 12.0 Å². The zero-order valence-electron chi connectivity index (χ0n) is 18.0. The Bertz CT molecular complexity index is 1230. The quantitative estimate of drug-likeness (QED) is 0.281. The summed E-state index contributed by atoms with van der Waals surface area (Å²) in [7, 11) is 0. The van der Waals surface area contributed by atoms with Crippen LogP contribution in [0.15, 0.2) is 97.2 Å². The SMILES string of the molecule is Fc1cc(C(F)(F)F)cc(C(Cc2ccccc2)(NCc2ccccc2)c2ccc(Cl)cn2)c1. The van der Waals surface area contributed by atoms with Gasteiger partial charge in [0.25, 0.3) is 0 Å². The minimum atomic E-state index is -4.71. The van der Waals surface area contributed by atoms with E-state index in [1.54, 1.807) is 12.1 Å². The number of nitrogens with zero attached hydrogens (tertiary/aromatic N) is 1. The fourth-order valence-corrected chi connectivity index (χ4v) is 4.09. The van der Waals surface area contributed by atoms with Crippen LogP contribution in [-0.4, -0.2) is 4.98 Å². The molecule has 0 saturated carbocycles. The Morgan fingerprint density at radius 1 is 0.765 bits per heavy atom. The molecule has 1 unspecified atom stereocenters. The van der Waals surface area contributed by atoms with Crippen LogP contribution in [-0.2, 0) is 24.7 Å². The summed E-state index contributed by atoms with van der Waals surface area (Å²) in [5.41, 5.74) is -0.0246. The lowest BCUT2D eigenvalue weighted by Gasteiger charge is -2.36. The van der Waals surface area contributed by atoms with Gasteiger partial charge in [-0.15, -0.1) is 0 Å². The van der Waals surface area contributed by atoms with Crippen LogP contribution in [0.3, 0.4) is 0 Å². The number of hydrogen-bond donors (Lipinski definition) is 1. The highest BCUT2D eigenvalue weighted by molar-refractivity contribution is 6.30. The Balaban J connectivity index is 1.93. The van der Waals surface area contributed by atoms with Crippen molar-refractivity contribution < 1.29 is 17.6 Å². The van der Waals surface area contributed by atoms with E-state index in [4.69, 9.17) is 11.6 Å². The van der Waals surface area contributed by atoms with Gasteiger partial charge in [-0.2, -0.15) is 13.2 Å². The van der Waals surface area contributed by atoms with Crippen LogP contribution in [0.4, 0.5) is 17.6 Å². The van der Waals surface area contributed by atoms with Gasteiger partial charge >= 0.3 is 6.18 Å². The van der Waals surface area contributed by atoms with E-state index in [1.807, 2.05) is 60.7 Å². The lowest BCUT2D eigenvalue weighted by atomic mass is 9.79. The maximum atomic E-state index is 14.6. The molecule has 1 N–H and O–H groups in total. The number of nitrogens with one attached hydrogen (secondary N) is 1. The summed E-state index contributed by atoms with van der Waals surface area (Å²) < 4.78 is 55.5. The zero-order valence-corrected chi connectivity index (χ0v) is 18.7. The summed E-state index contributed by atoms with van der Waals surface area (Å²) in [5, 5.41) is 3.80. The molecule has 2 nitrogen and oxygen atoms in total. The van der Waals surface area contributed by atoms with Crippen LogP contribution in [0.1, 0.15) is 27.9 Å². The van der Waals surface area contributed by atoms with E-state index in [9.17, 15) is 17.6 Å². The molecule has 34 heavy (non-hydrogen) atoms. The highest BCUT2D eigenvalue weighted by Gasteiger charge is 2.39. The second-order valence-electron chi connectivity index (χ2n) is 7.99. The first kappa shape index (κ1) is 23.9. The minimum absolute atomic E-state index is 0.120. The van der Waals surface area contributed by atoms with Gasteiger partial charge in [-0.25, -0.2) is 4.39 Å². The first-order valence-corrected chi connectivity index (χ1v) is 11.0. The monoisotopic (exact) mass is 484 g/mol. The average Bonchev–Trinajstić information content (AvgIpc) is 2.83. The van der Waals surface area contributed by atoms with Crippen molar-refractivity contribution in [1.82, 2.24) is 10.3 Å². The van der Waals surface area contributed by atoms with Gasteiger partial charge in [0, 0.05) is 19.2 Å². The molecule has 1 aromatic heterocycles. The summed E-state index contributed by atoms with van der Waals surface area (Å²) in [6.45, 7) is 0.315. The number of aromatic nitrogens is 1. The van der Waals surface area contributed by atoms with Gasteiger partial charge < -0.3 is 0 Å². The predicted molar refractivity (Wildman–Crippen MR) is 125 cm³/mol. The molecule has 1 heterocycles. The van der Waals surface area contributed by atoms with Crippen molar-refractivity contribution in [1.29, 1.82) is 0 Å². The van der Waals surface area contributed by atoms with Crippen molar-refractivity contribution in [3.63, 3.8) is 0 Å². The van der Waals surface area contributed by atoms with Gasteiger partial charge in [0.05, 0.1) is 21.8 Å². The first-order valence-electron chi connectivity index (χ1n) is 10.6. The molecule has 0 bridgehead atoms. The molecule has 0 radical (unpaired) electrons. The number of benzene rings is 3. The van der Waals surface area contributed by atoms with Gasteiger partial charge in [-0.05, 0) is 47.0 Å². The Morgan fingerprint density at radius 3 is 1.97 bits per heavy atom. The summed E-state index contributed by atoms with van der Waals surface area (Å²) in [5.74, 6) is -0.974. The van der Waals surface area contributed by atoms with Gasteiger partial charge in [-0.3, -0.25) is 10.3 Å². The Labute approximate surface area is 200 Å². The molecular formula is C27H21ClF4N2. The highest BCUT2D eigenvalue weighted by atomic mass is 35.5. The fraction of sp³-hybridized carbons (Fsp3) is 0.148. The maximum absolute atomic E-state index is 14.6. The van der Waals surface area contributed by atoms with Crippen LogP contribution in [0.25, 0.3) is 0 Å². The molecule has 7 heteroatoms. The molecule has 0 amide bonds. The standard InChI is InChI=1S/C27H21ClF4N2/c28-23-11-12-25(33-18-23)26(16-19-7-3-1-4-8-19,34-17-20-9-5-2-6-10-20)21-13-22(27(30,31)32)15-24(29)14-21/h1-15,18,34H,16-17H2. The Hall–Kier alpha value is -3.22. The number of hydrogen-bond acceptors (Lipinski definition) is 2. The van der Waals surface area contributed by atoms with Crippen LogP contribution in [0, 0.1) is 5.82 Å². The van der Waals surface area contributed by atoms with Crippen molar-refractivity contribution in [2.75, 3.05) is 0 Å². The normalized spacial score (nSPS) is 13.4. The Kier molecular flexibility index (Phi) is 7.00. The zero-order chi connectivity index (χ0) is 24.2. The predicted octanol–water partition coefficient (Wildman–Crippen LogP) is 7.17. The Morgan fingerprint density at radius 2 is 1.38 bits per heavy atom. The topological polar surface area (TPSA) is 24.9 Å². The van der Waals surface area contributed by atoms with Crippen molar-refractivity contribution in [3.05, 3.63) is 136 Å². The molecule has 0 fully saturated rings. The highest BCUT2D eigenvalue weighted by Crippen LogP contribution is 2.38. The van der Waals surface area contributed by atoms with Crippen LogP contribution < -0.4 is 5.32 Å². The summed E-state index contributed by atoms with van der Waals surface area (Å²) in [4.78, 5) is 4.46. The lowest BCUT2D eigenvalue weighted by molar-refractivity contribution is -0.137. The largest absolute Gasteiger partial charge is 0.416 e. The van der Waals surface area contributed by atoms with E-state index < -0.39 is 23.1 Å². The summed E-state index contributed by atoms with van der Waals surface area (Å²) >= 11 is 6.06. The third kappa shape index (κ3) is 5.46. The number of pyridine rings is 1. The number of alkyl halides is 3. The van der Waals surface area contributed by atoms with Gasteiger partial charge in [-0.1, -0.05) is 72.3 Å². The number of rotatable bonds is 7. The first-order chi connectivity index (χ1) is 16.3. The number of halogens is 5. The maximum Gasteiger partial charge on any atom is 0.416 e. The minimum Gasteiger partial charge on any atom is -0.298 e. The van der Waals surface area contributed by atoms with E-state index >= 15 is 0 Å². The molecule has 0 aliphatic rings. The lowest BCUT2D eigenvalue weighted by Crippen LogP contribution is -2.46. The molecule has 0 aliphatic heterocycles. The summed E-state index contributed by atoms with van der Waals surface area (Å²) in [6, 6.07) is 24.6. The molecule has 174 valence electrons. The molecular weight excluding hydrogens is 464 g/mol. The van der Waals surface area contributed by atoms with E-state index in [1.165, 1.54) is 6.20 Å². The van der Waals surface area contributed by atoms with Gasteiger partial charge in [0.1, 0.15) is 5.82 Å². The van der Waals surface area contributed by atoms with Crippen molar-refractivity contribution >= 4 is 11.6 Å². The molecule has 4 rings (SSSR count). The van der Waals surface area contributed by atoms with Gasteiger partial charge in [0.15, 0.2) is 0 Å². The molecule has 0 spiro atoms. The van der Waals surface area contributed by atoms with E-state index in [0.29, 0.717) is 23.3 Å². The van der Waals surface area contributed by atoms with Crippen LogP contribution in [0.2, 0.25) is 5.02 Å². The second-order valence-corrected chi connectivity index (χ2v) is 8.43. The fourth-order valence-electron chi connectivity index (χ4n) is 3.97. The van der Waals surface area contributed by atoms with E-state index in [2.05, 4.69) is 10.3 Å². The third-order valence-electron chi connectivity index (χ3n) is 5.63. The smallest absolute Gasteiger partial charge is 0.298 e. The third-order valence-corrected chi connectivity index (χ3v) is 5.86. The summed E-state index contributed by atoms with van der Waals surface area (Å²) in [6.07, 6.45) is -3.04. The van der Waals surface area contributed by atoms with Crippen molar-refractivity contribution in [3.8, 4) is 0 Å². The molecule has 0 saturated heterocycles. The molecule has 4 aromatic rings. The van der Waals surface area contributed by atoms with Crippen LogP contribution >= 0.6 is 11.6 Å². The molecule has 1 atom stereocenters. The molecule has 0 aliphatic carbocycles. The van der Waals surface area contributed by atoms with Gasteiger partial charge in [0.2, 0.25) is 0 Å². The second kappa shape index (κ2) is 9.95. The average molecular weight is 485 g/mol.